The first-order chi connectivity index (χ1) is 10.5. The number of nitrogens with zero attached hydrogens (tertiary/aromatic N) is 2. The van der Waals surface area contributed by atoms with Crippen molar-refractivity contribution in [2.75, 3.05) is 20.2 Å². The van der Waals surface area contributed by atoms with Gasteiger partial charge in [0.05, 0.1) is 17.8 Å². The lowest BCUT2D eigenvalue weighted by Crippen LogP contribution is -2.57. The minimum absolute atomic E-state index is 0.128. The highest BCUT2D eigenvalue weighted by Gasteiger charge is 2.31. The molecule has 1 amide bonds. The molecule has 0 aliphatic carbocycles. The number of aromatic nitrogens is 2. The second kappa shape index (κ2) is 7.26. The number of H-pyrrole nitrogens is 1. The molecular weight excluding hydrogens is 326 g/mol. The summed E-state index contributed by atoms with van der Waals surface area (Å²) in [5, 5.41) is 3.61. The third-order valence-electron chi connectivity index (χ3n) is 3.79. The van der Waals surface area contributed by atoms with E-state index >= 15 is 0 Å². The van der Waals surface area contributed by atoms with Gasteiger partial charge in [-0.25, -0.2) is 4.98 Å². The number of hydrogen-bond acceptors (Lipinski definition) is 4. The van der Waals surface area contributed by atoms with Crippen LogP contribution < -0.4 is 11.1 Å². The molecule has 9 heteroatoms. The van der Waals surface area contributed by atoms with Crippen LogP contribution in [0.4, 0.5) is 0 Å². The lowest BCUT2D eigenvalue weighted by Gasteiger charge is -2.38. The van der Waals surface area contributed by atoms with Crippen LogP contribution in [0.3, 0.4) is 0 Å². The lowest BCUT2D eigenvalue weighted by atomic mass is 10.0. The Kier molecular flexibility index (Phi) is 5.60. The minimum Gasteiger partial charge on any atom is -0.377 e. The molecule has 2 rings (SSSR count). The number of thiocarbonyl (C=S) groups is 1. The molecule has 2 atom stereocenters. The number of piperidine rings is 1. The number of likely N-dealkylation sites (tertiary alicyclic amines) is 1. The van der Waals surface area contributed by atoms with Gasteiger partial charge < -0.3 is 25.7 Å². The third kappa shape index (κ3) is 3.68. The number of amides is 1. The van der Waals surface area contributed by atoms with Gasteiger partial charge in [-0.1, -0.05) is 18.5 Å². The first-order valence-electron chi connectivity index (χ1n) is 7.08. The Morgan fingerprint density at radius 1 is 1.68 bits per heavy atom. The summed E-state index contributed by atoms with van der Waals surface area (Å²) in [6.07, 6.45) is 1.19. The van der Waals surface area contributed by atoms with Crippen LogP contribution in [0.2, 0.25) is 5.15 Å². The fraction of sp³-hybridized carbons (Fsp3) is 0.615. The van der Waals surface area contributed by atoms with Gasteiger partial charge in [-0.2, -0.15) is 0 Å². The highest BCUT2D eigenvalue weighted by atomic mass is 35.5. The maximum Gasteiger partial charge on any atom is 0.287 e. The van der Waals surface area contributed by atoms with Crippen LogP contribution >= 0.6 is 23.8 Å². The van der Waals surface area contributed by atoms with Crippen LogP contribution in [-0.4, -0.2) is 58.2 Å². The largest absolute Gasteiger partial charge is 0.377 e. The van der Waals surface area contributed by atoms with E-state index in [1.165, 1.54) is 0 Å². The van der Waals surface area contributed by atoms with Crippen molar-refractivity contribution in [1.29, 1.82) is 0 Å². The quantitative estimate of drug-likeness (QED) is 0.695. The molecule has 1 aromatic heterocycles. The summed E-state index contributed by atoms with van der Waals surface area (Å²) in [5.41, 5.74) is 6.39. The van der Waals surface area contributed by atoms with Crippen molar-refractivity contribution in [2.24, 2.45) is 5.73 Å². The number of aryl methyl sites for hydroxylation is 1. The molecule has 0 spiro atoms. The number of carbonyl (C=O) groups is 1. The molecule has 2 heterocycles. The van der Waals surface area contributed by atoms with E-state index in [2.05, 4.69) is 15.3 Å². The highest BCUT2D eigenvalue weighted by Crippen LogP contribution is 2.16. The fourth-order valence-electron chi connectivity index (χ4n) is 2.49. The van der Waals surface area contributed by atoms with Crippen LogP contribution in [0.25, 0.3) is 0 Å². The summed E-state index contributed by atoms with van der Waals surface area (Å²) in [5.74, 6) is -0.0779. The number of methoxy groups -OCH3 is 1. The standard InChI is InChI=1S/C13H20ClN5O2S/c1-3-7-10(14)18-11(16-7)12(20)17-8-4-5-19(13(15)22)6-9(8)21-2/h8-9H,3-6H2,1-2H3,(H2,15,22)(H,16,18)(H,17,20)/t8-,9+/m0/s1. The van der Waals surface area contributed by atoms with Gasteiger partial charge >= 0.3 is 0 Å². The Morgan fingerprint density at radius 2 is 2.41 bits per heavy atom. The van der Waals surface area contributed by atoms with Crippen LogP contribution in [0, 0.1) is 0 Å². The summed E-state index contributed by atoms with van der Waals surface area (Å²) in [4.78, 5) is 21.1. The van der Waals surface area contributed by atoms with Crippen molar-refractivity contribution in [2.45, 2.75) is 31.9 Å². The van der Waals surface area contributed by atoms with E-state index in [4.69, 9.17) is 34.3 Å². The summed E-state index contributed by atoms with van der Waals surface area (Å²) in [7, 11) is 1.60. The second-order valence-electron chi connectivity index (χ2n) is 5.14. The molecule has 1 fully saturated rings. The smallest absolute Gasteiger partial charge is 0.287 e. The van der Waals surface area contributed by atoms with E-state index in [1.807, 2.05) is 11.8 Å². The lowest BCUT2D eigenvalue weighted by molar-refractivity contribution is 0.0252. The number of halogens is 1. The fourth-order valence-corrected chi connectivity index (χ4v) is 2.92. The van der Waals surface area contributed by atoms with Crippen LogP contribution in [0.1, 0.15) is 29.7 Å². The van der Waals surface area contributed by atoms with Crippen molar-refractivity contribution in [3.63, 3.8) is 0 Å². The van der Waals surface area contributed by atoms with E-state index in [9.17, 15) is 4.79 Å². The predicted molar refractivity (Wildman–Crippen MR) is 88.0 cm³/mol. The van der Waals surface area contributed by atoms with Crippen molar-refractivity contribution in [1.82, 2.24) is 20.2 Å². The molecule has 4 N–H and O–H groups in total. The average Bonchev–Trinajstić information content (AvgIpc) is 2.88. The SMILES string of the molecule is CCc1[nH]c(C(=O)N[C@H]2CCN(C(N)=S)C[C@H]2OC)nc1Cl. The van der Waals surface area contributed by atoms with E-state index in [0.29, 0.717) is 36.2 Å². The Balaban J connectivity index is 2.02. The van der Waals surface area contributed by atoms with Gasteiger partial charge in [-0.05, 0) is 25.1 Å². The molecule has 1 aliphatic rings. The normalized spacial score (nSPS) is 21.7. The molecule has 0 unspecified atom stereocenters. The molecule has 22 heavy (non-hydrogen) atoms. The van der Waals surface area contributed by atoms with Crippen molar-refractivity contribution < 1.29 is 9.53 Å². The first-order valence-corrected chi connectivity index (χ1v) is 7.87. The van der Waals surface area contributed by atoms with E-state index in [1.54, 1.807) is 7.11 Å². The number of nitrogens with one attached hydrogen (secondary N) is 2. The Labute approximate surface area is 139 Å². The zero-order valence-corrected chi connectivity index (χ0v) is 14.1. The summed E-state index contributed by atoms with van der Waals surface area (Å²) in [6.45, 7) is 3.17. The molecule has 0 bridgehead atoms. The molecule has 122 valence electrons. The second-order valence-corrected chi connectivity index (χ2v) is 5.91. The van der Waals surface area contributed by atoms with Crippen LogP contribution in [0.15, 0.2) is 0 Å². The summed E-state index contributed by atoms with van der Waals surface area (Å²) >= 11 is 10.9. The Bertz CT molecular complexity index is 565. The third-order valence-corrected chi connectivity index (χ3v) is 4.36. The van der Waals surface area contributed by atoms with Gasteiger partial charge in [-0.15, -0.1) is 0 Å². The monoisotopic (exact) mass is 345 g/mol. The number of ether oxygens (including phenoxy) is 1. The Hall–Kier alpha value is -1.38. The maximum atomic E-state index is 12.3. The van der Waals surface area contributed by atoms with Crippen molar-refractivity contribution in [3.05, 3.63) is 16.7 Å². The van der Waals surface area contributed by atoms with Crippen molar-refractivity contribution >= 4 is 34.8 Å². The molecule has 1 aliphatic heterocycles. The predicted octanol–water partition coefficient (Wildman–Crippen LogP) is 0.688. The van der Waals surface area contributed by atoms with Gasteiger partial charge in [0.2, 0.25) is 0 Å². The molecule has 0 aromatic carbocycles. The van der Waals surface area contributed by atoms with Gasteiger partial charge in [0.1, 0.15) is 0 Å². The zero-order chi connectivity index (χ0) is 16.3. The Morgan fingerprint density at radius 3 is 2.95 bits per heavy atom. The minimum atomic E-state index is -0.294. The van der Waals surface area contributed by atoms with Gasteiger partial charge in [0, 0.05) is 20.2 Å². The highest BCUT2D eigenvalue weighted by molar-refractivity contribution is 7.80. The number of hydrogen-bond donors (Lipinski definition) is 3. The van der Waals surface area contributed by atoms with Crippen LogP contribution in [0.5, 0.6) is 0 Å². The average molecular weight is 346 g/mol. The summed E-state index contributed by atoms with van der Waals surface area (Å²) < 4.78 is 5.44. The maximum absolute atomic E-state index is 12.3. The number of imidazole rings is 1. The molecule has 1 aromatic rings. The topological polar surface area (TPSA) is 96.3 Å². The van der Waals surface area contributed by atoms with Gasteiger partial charge in [0.25, 0.3) is 5.91 Å². The van der Waals surface area contributed by atoms with Crippen LogP contribution in [-0.2, 0) is 11.2 Å². The number of nitrogens with two attached hydrogens (primary N) is 1. The molecule has 1 saturated heterocycles. The molecule has 7 nitrogen and oxygen atoms in total. The van der Waals surface area contributed by atoms with Gasteiger partial charge in [0.15, 0.2) is 16.1 Å². The van der Waals surface area contributed by atoms with E-state index < -0.39 is 0 Å². The number of rotatable bonds is 4. The van der Waals surface area contributed by atoms with Crippen molar-refractivity contribution in [3.8, 4) is 0 Å². The van der Waals surface area contributed by atoms with E-state index in [0.717, 1.165) is 5.69 Å². The summed E-state index contributed by atoms with van der Waals surface area (Å²) in [6, 6.07) is -0.128. The number of aromatic amines is 1. The molecule has 0 saturated carbocycles. The van der Waals surface area contributed by atoms with E-state index in [-0.39, 0.29) is 23.9 Å². The molecule has 0 radical (unpaired) electrons. The van der Waals surface area contributed by atoms with Gasteiger partial charge in [-0.3, -0.25) is 4.79 Å². The number of carbonyl (C=O) groups excluding carboxylic acids is 1. The zero-order valence-electron chi connectivity index (χ0n) is 12.6. The molecular formula is C13H20ClN5O2S. The first kappa shape index (κ1) is 17.0.